The summed E-state index contributed by atoms with van der Waals surface area (Å²) >= 11 is 0. The minimum Gasteiger partial charge on any atom is -0.371 e. The predicted octanol–water partition coefficient (Wildman–Crippen LogP) is 2.66. The van der Waals surface area contributed by atoms with Crippen molar-refractivity contribution in [2.45, 2.75) is 39.8 Å². The zero-order valence-electron chi connectivity index (χ0n) is 10.6. The van der Waals surface area contributed by atoms with Gasteiger partial charge in [0, 0.05) is 12.6 Å². The zero-order valence-corrected chi connectivity index (χ0v) is 10.6. The smallest absolute Gasteiger partial charge is 0.0952 e. The molecule has 0 spiro atoms. The summed E-state index contributed by atoms with van der Waals surface area (Å²) in [5.74, 6) is 0. The first-order valence-corrected chi connectivity index (χ1v) is 6.00. The number of ether oxygens (including phenoxy) is 1. The van der Waals surface area contributed by atoms with Crippen LogP contribution in [0.4, 0.5) is 0 Å². The summed E-state index contributed by atoms with van der Waals surface area (Å²) in [5, 5.41) is 3.47. The predicted molar refractivity (Wildman–Crippen MR) is 66.8 cm³/mol. The van der Waals surface area contributed by atoms with Crippen LogP contribution in [0.3, 0.4) is 0 Å². The molecule has 1 aromatic rings. The number of morpholine rings is 1. The summed E-state index contributed by atoms with van der Waals surface area (Å²) in [6.45, 7) is 10.4. The molecule has 0 radical (unpaired) electrons. The molecular weight excluding hydrogens is 198 g/mol. The molecule has 88 valence electrons. The molecule has 1 heterocycles. The van der Waals surface area contributed by atoms with E-state index < -0.39 is 0 Å². The second kappa shape index (κ2) is 4.56. The first kappa shape index (κ1) is 11.6. The third kappa shape index (κ3) is 2.28. The molecule has 2 atom stereocenters. The highest BCUT2D eigenvalue weighted by molar-refractivity contribution is 5.38. The lowest BCUT2D eigenvalue weighted by Gasteiger charge is -2.29. The highest BCUT2D eigenvalue weighted by Gasteiger charge is 2.21. The van der Waals surface area contributed by atoms with Crippen LogP contribution in [0.1, 0.15) is 35.3 Å². The van der Waals surface area contributed by atoms with Crippen LogP contribution in [0.2, 0.25) is 0 Å². The number of hydrogen-bond acceptors (Lipinski definition) is 2. The molecule has 2 unspecified atom stereocenters. The maximum absolute atomic E-state index is 5.89. The first-order chi connectivity index (χ1) is 7.58. The van der Waals surface area contributed by atoms with Gasteiger partial charge in [0.25, 0.3) is 0 Å². The molecule has 0 saturated carbocycles. The minimum absolute atomic E-state index is 0.218. The van der Waals surface area contributed by atoms with Crippen molar-refractivity contribution in [2.24, 2.45) is 0 Å². The molecule has 0 aliphatic carbocycles. The number of nitrogens with one attached hydrogen (secondary N) is 1. The van der Waals surface area contributed by atoms with E-state index in [1.165, 1.54) is 22.3 Å². The summed E-state index contributed by atoms with van der Waals surface area (Å²) in [6, 6.07) is 5.00. The van der Waals surface area contributed by atoms with E-state index in [9.17, 15) is 0 Å². The maximum atomic E-state index is 5.89. The summed E-state index contributed by atoms with van der Waals surface area (Å²) < 4.78 is 5.89. The third-order valence-corrected chi connectivity index (χ3v) is 3.43. The van der Waals surface area contributed by atoms with Crippen LogP contribution < -0.4 is 5.32 Å². The molecule has 0 bridgehead atoms. The SMILES string of the molecule is Cc1cc(C)c(C2CNC(C)CO2)cc1C. The minimum atomic E-state index is 0.218. The molecule has 1 aliphatic rings. The Morgan fingerprint density at radius 1 is 1.12 bits per heavy atom. The molecule has 1 aliphatic heterocycles. The van der Waals surface area contributed by atoms with Crippen molar-refractivity contribution < 1.29 is 4.74 Å². The lowest BCUT2D eigenvalue weighted by molar-refractivity contribution is 0.00658. The van der Waals surface area contributed by atoms with E-state index in [0.717, 1.165) is 13.2 Å². The van der Waals surface area contributed by atoms with Gasteiger partial charge in [-0.3, -0.25) is 0 Å². The summed E-state index contributed by atoms with van der Waals surface area (Å²) in [7, 11) is 0. The van der Waals surface area contributed by atoms with Crippen LogP contribution in [0.15, 0.2) is 12.1 Å². The van der Waals surface area contributed by atoms with Crippen molar-refractivity contribution in [3.05, 3.63) is 34.4 Å². The van der Waals surface area contributed by atoms with Crippen LogP contribution in [0.5, 0.6) is 0 Å². The van der Waals surface area contributed by atoms with Crippen molar-refractivity contribution in [1.82, 2.24) is 5.32 Å². The molecular formula is C14H21NO. The van der Waals surface area contributed by atoms with Gasteiger partial charge in [-0.25, -0.2) is 0 Å². The van der Waals surface area contributed by atoms with E-state index in [1.54, 1.807) is 0 Å². The average Bonchev–Trinajstić information content (AvgIpc) is 2.25. The Morgan fingerprint density at radius 3 is 2.44 bits per heavy atom. The van der Waals surface area contributed by atoms with E-state index in [0.29, 0.717) is 6.04 Å². The topological polar surface area (TPSA) is 21.3 Å². The van der Waals surface area contributed by atoms with Crippen molar-refractivity contribution >= 4 is 0 Å². The Morgan fingerprint density at radius 2 is 1.81 bits per heavy atom. The van der Waals surface area contributed by atoms with Gasteiger partial charge in [0.05, 0.1) is 12.7 Å². The summed E-state index contributed by atoms with van der Waals surface area (Å²) in [6.07, 6.45) is 0.218. The van der Waals surface area contributed by atoms with Gasteiger partial charge in [-0.05, 0) is 49.9 Å². The third-order valence-electron chi connectivity index (χ3n) is 3.43. The van der Waals surface area contributed by atoms with E-state index in [1.807, 2.05) is 0 Å². The molecule has 2 heteroatoms. The number of benzene rings is 1. The van der Waals surface area contributed by atoms with Gasteiger partial charge in [0.1, 0.15) is 0 Å². The standard InChI is InChI=1S/C14H21NO/c1-9-5-11(3)13(6-10(9)2)14-7-15-12(4)8-16-14/h5-6,12,14-15H,7-8H2,1-4H3. The molecule has 2 rings (SSSR count). The molecule has 1 saturated heterocycles. The highest BCUT2D eigenvalue weighted by atomic mass is 16.5. The Bertz CT molecular complexity index is 379. The molecule has 1 aromatic carbocycles. The van der Waals surface area contributed by atoms with Crippen molar-refractivity contribution in [2.75, 3.05) is 13.2 Å². The van der Waals surface area contributed by atoms with Crippen molar-refractivity contribution in [3.8, 4) is 0 Å². The maximum Gasteiger partial charge on any atom is 0.0952 e. The van der Waals surface area contributed by atoms with Crippen molar-refractivity contribution in [3.63, 3.8) is 0 Å². The quantitative estimate of drug-likeness (QED) is 0.784. The van der Waals surface area contributed by atoms with E-state index >= 15 is 0 Å². The van der Waals surface area contributed by atoms with Crippen LogP contribution in [0.25, 0.3) is 0 Å². The van der Waals surface area contributed by atoms with Gasteiger partial charge in [-0.15, -0.1) is 0 Å². The van der Waals surface area contributed by atoms with E-state index in [-0.39, 0.29) is 6.10 Å². The molecule has 1 N–H and O–H groups in total. The Hall–Kier alpha value is -0.860. The van der Waals surface area contributed by atoms with E-state index in [4.69, 9.17) is 4.74 Å². The van der Waals surface area contributed by atoms with Gasteiger partial charge < -0.3 is 10.1 Å². The fourth-order valence-corrected chi connectivity index (χ4v) is 2.22. The molecule has 0 aromatic heterocycles. The highest BCUT2D eigenvalue weighted by Crippen LogP contribution is 2.25. The normalized spacial score (nSPS) is 25.8. The van der Waals surface area contributed by atoms with Crippen LogP contribution in [-0.4, -0.2) is 19.2 Å². The van der Waals surface area contributed by atoms with E-state index in [2.05, 4.69) is 45.1 Å². The van der Waals surface area contributed by atoms with Gasteiger partial charge in [0.2, 0.25) is 0 Å². The lowest BCUT2D eigenvalue weighted by Crippen LogP contribution is -2.40. The fraction of sp³-hybridized carbons (Fsp3) is 0.571. The summed E-state index contributed by atoms with van der Waals surface area (Å²) in [5.41, 5.74) is 5.38. The number of aryl methyl sites for hydroxylation is 3. The Kier molecular flexibility index (Phi) is 3.31. The average molecular weight is 219 g/mol. The molecule has 2 nitrogen and oxygen atoms in total. The monoisotopic (exact) mass is 219 g/mol. The summed E-state index contributed by atoms with van der Waals surface area (Å²) in [4.78, 5) is 0. The van der Waals surface area contributed by atoms with Gasteiger partial charge in [-0.1, -0.05) is 12.1 Å². The molecule has 1 fully saturated rings. The number of rotatable bonds is 1. The zero-order chi connectivity index (χ0) is 11.7. The van der Waals surface area contributed by atoms with Gasteiger partial charge >= 0.3 is 0 Å². The largest absolute Gasteiger partial charge is 0.371 e. The van der Waals surface area contributed by atoms with Crippen molar-refractivity contribution in [1.29, 1.82) is 0 Å². The van der Waals surface area contributed by atoms with Gasteiger partial charge in [0.15, 0.2) is 0 Å². The van der Waals surface area contributed by atoms with Crippen LogP contribution in [-0.2, 0) is 4.74 Å². The van der Waals surface area contributed by atoms with Crippen LogP contribution in [0, 0.1) is 20.8 Å². The van der Waals surface area contributed by atoms with Crippen LogP contribution >= 0.6 is 0 Å². The Balaban J connectivity index is 2.23. The Labute approximate surface area is 98.0 Å². The molecule has 16 heavy (non-hydrogen) atoms. The second-order valence-corrected chi connectivity index (χ2v) is 4.92. The fourth-order valence-electron chi connectivity index (χ4n) is 2.22. The first-order valence-electron chi connectivity index (χ1n) is 6.00. The molecule has 0 amide bonds. The second-order valence-electron chi connectivity index (χ2n) is 4.92. The van der Waals surface area contributed by atoms with Gasteiger partial charge in [-0.2, -0.15) is 0 Å². The number of hydrogen-bond donors (Lipinski definition) is 1. The lowest BCUT2D eigenvalue weighted by atomic mass is 9.96.